The maximum absolute atomic E-state index is 13.0. The van der Waals surface area contributed by atoms with Crippen LogP contribution in [0.15, 0.2) is 54.7 Å². The first kappa shape index (κ1) is 22.3. The number of benzene rings is 2. The number of nitrogens with one attached hydrogen (secondary N) is 2. The molecule has 0 aliphatic carbocycles. The number of imidazole rings is 1. The molecule has 0 saturated carbocycles. The Balaban J connectivity index is 1.69. The number of alkyl halides is 3. The van der Waals surface area contributed by atoms with Crippen LogP contribution in [0.3, 0.4) is 0 Å². The maximum Gasteiger partial charge on any atom is 0.416 e. The van der Waals surface area contributed by atoms with E-state index in [-0.39, 0.29) is 5.69 Å². The fraction of sp³-hybridized carbons (Fsp3) is 0.217. The Bertz CT molecular complexity index is 1290. The first-order valence-electron chi connectivity index (χ1n) is 10.0. The summed E-state index contributed by atoms with van der Waals surface area (Å²) < 4.78 is 51.8. The third-order valence-corrected chi connectivity index (χ3v) is 5.11. The van der Waals surface area contributed by atoms with Gasteiger partial charge in [-0.1, -0.05) is 12.1 Å². The highest BCUT2D eigenvalue weighted by molar-refractivity contribution is 5.81. The molecule has 4 aromatic rings. The number of rotatable bonds is 7. The van der Waals surface area contributed by atoms with Crippen molar-refractivity contribution in [3.05, 3.63) is 65.9 Å². The molecule has 2 aromatic carbocycles. The zero-order chi connectivity index (χ0) is 23.6. The van der Waals surface area contributed by atoms with Gasteiger partial charge in [-0.15, -0.1) is 0 Å². The van der Waals surface area contributed by atoms with Gasteiger partial charge >= 0.3 is 6.18 Å². The highest BCUT2D eigenvalue weighted by Crippen LogP contribution is 2.32. The van der Waals surface area contributed by atoms with E-state index in [4.69, 9.17) is 9.47 Å². The molecule has 33 heavy (non-hydrogen) atoms. The molecule has 0 amide bonds. The second-order valence-corrected chi connectivity index (χ2v) is 7.22. The Morgan fingerprint density at radius 1 is 1.00 bits per heavy atom. The molecule has 0 aliphatic heterocycles. The molecule has 0 radical (unpaired) electrons. The van der Waals surface area contributed by atoms with Crippen LogP contribution in [-0.4, -0.2) is 35.8 Å². The zero-order valence-electron chi connectivity index (χ0n) is 18.2. The predicted molar refractivity (Wildman–Crippen MR) is 120 cm³/mol. The van der Waals surface area contributed by atoms with Crippen LogP contribution in [0.1, 0.15) is 11.1 Å². The van der Waals surface area contributed by atoms with Crippen LogP contribution < -0.4 is 20.1 Å². The van der Waals surface area contributed by atoms with Gasteiger partial charge in [0.1, 0.15) is 11.3 Å². The van der Waals surface area contributed by atoms with Crippen LogP contribution in [0, 0.1) is 0 Å². The van der Waals surface area contributed by atoms with Gasteiger partial charge in [-0.25, -0.2) is 9.97 Å². The first-order chi connectivity index (χ1) is 15.8. The molecule has 0 fully saturated rings. The second-order valence-electron chi connectivity index (χ2n) is 7.22. The van der Waals surface area contributed by atoms with Gasteiger partial charge in [0.15, 0.2) is 11.5 Å². The lowest BCUT2D eigenvalue weighted by Crippen LogP contribution is -2.06. The lowest BCUT2D eigenvalue weighted by atomic mass is 10.2. The van der Waals surface area contributed by atoms with E-state index >= 15 is 0 Å². The molecule has 0 spiro atoms. The lowest BCUT2D eigenvalue weighted by Gasteiger charge is -2.13. The topological polar surface area (TPSA) is 73.2 Å². The van der Waals surface area contributed by atoms with E-state index in [9.17, 15) is 13.2 Å². The number of hydrogen-bond donors (Lipinski definition) is 2. The van der Waals surface area contributed by atoms with Gasteiger partial charge in [0.2, 0.25) is 5.95 Å². The van der Waals surface area contributed by atoms with Crippen LogP contribution in [0.5, 0.6) is 11.5 Å². The van der Waals surface area contributed by atoms with E-state index in [1.807, 2.05) is 22.8 Å². The fourth-order valence-corrected chi connectivity index (χ4v) is 3.53. The summed E-state index contributed by atoms with van der Waals surface area (Å²) in [6.07, 6.45) is -2.84. The van der Waals surface area contributed by atoms with E-state index in [2.05, 4.69) is 20.6 Å². The lowest BCUT2D eigenvalue weighted by molar-refractivity contribution is -0.137. The van der Waals surface area contributed by atoms with Gasteiger partial charge < -0.3 is 24.7 Å². The van der Waals surface area contributed by atoms with Gasteiger partial charge in [-0.2, -0.15) is 13.2 Å². The molecule has 0 saturated heterocycles. The highest BCUT2D eigenvalue weighted by atomic mass is 19.4. The Hall–Kier alpha value is -3.95. The second kappa shape index (κ2) is 8.89. The minimum absolute atomic E-state index is 0.288. The van der Waals surface area contributed by atoms with Crippen molar-refractivity contribution in [1.29, 1.82) is 0 Å². The maximum atomic E-state index is 13.0. The number of pyridine rings is 1. The molecule has 10 heteroatoms. The smallest absolute Gasteiger partial charge is 0.416 e. The number of hydrogen-bond acceptors (Lipinski definition) is 6. The molecule has 2 N–H and O–H groups in total. The average molecular weight is 457 g/mol. The van der Waals surface area contributed by atoms with E-state index in [1.165, 1.54) is 6.07 Å². The van der Waals surface area contributed by atoms with Crippen LogP contribution >= 0.6 is 0 Å². The largest absolute Gasteiger partial charge is 0.493 e. The van der Waals surface area contributed by atoms with E-state index < -0.39 is 11.7 Å². The molecule has 0 bridgehead atoms. The number of fused-ring (bicyclic) bond motifs is 1. The normalized spacial score (nSPS) is 11.5. The molecule has 0 unspecified atom stereocenters. The molecule has 0 atom stereocenters. The van der Waals surface area contributed by atoms with Crippen LogP contribution in [0.25, 0.3) is 11.0 Å². The predicted octanol–water partition coefficient (Wildman–Crippen LogP) is 5.30. The standard InChI is InChI=1S/C23H22F3N5O2/c1-27-22-30-17-12-28-21(29-16-6-4-5-15(10-16)23(24,25)26)11-18(17)31(22)13-14-7-8-19(32-2)20(9-14)33-3/h4-12H,13H2,1-3H3,(H,27,30)(H,28,29). The van der Waals surface area contributed by atoms with Crippen molar-refractivity contribution >= 4 is 28.5 Å². The number of nitrogens with zero attached hydrogens (tertiary/aromatic N) is 3. The Morgan fingerprint density at radius 3 is 2.48 bits per heavy atom. The van der Waals surface area contributed by atoms with E-state index in [0.29, 0.717) is 35.3 Å². The van der Waals surface area contributed by atoms with Crippen molar-refractivity contribution in [2.75, 3.05) is 31.9 Å². The van der Waals surface area contributed by atoms with Crippen molar-refractivity contribution in [2.24, 2.45) is 0 Å². The molecular formula is C23H22F3N5O2. The number of halogens is 3. The minimum Gasteiger partial charge on any atom is -0.493 e. The van der Waals surface area contributed by atoms with Gasteiger partial charge in [0.05, 0.1) is 38.0 Å². The first-order valence-corrected chi connectivity index (χ1v) is 10.0. The third kappa shape index (κ3) is 4.64. The Kier molecular flexibility index (Phi) is 5.99. The Labute approximate surface area is 188 Å². The van der Waals surface area contributed by atoms with Gasteiger partial charge in [0.25, 0.3) is 0 Å². The highest BCUT2D eigenvalue weighted by Gasteiger charge is 2.30. The molecular weight excluding hydrogens is 435 g/mol. The Morgan fingerprint density at radius 2 is 1.79 bits per heavy atom. The monoisotopic (exact) mass is 457 g/mol. The van der Waals surface area contributed by atoms with Gasteiger partial charge in [0, 0.05) is 18.8 Å². The number of ether oxygens (including phenoxy) is 2. The number of aromatic nitrogens is 3. The van der Waals surface area contributed by atoms with Crippen molar-refractivity contribution in [3.8, 4) is 11.5 Å². The van der Waals surface area contributed by atoms with Crippen molar-refractivity contribution < 1.29 is 22.6 Å². The molecule has 2 aromatic heterocycles. The number of anilines is 3. The molecule has 7 nitrogen and oxygen atoms in total. The summed E-state index contributed by atoms with van der Waals surface area (Å²) in [7, 11) is 4.91. The molecule has 4 rings (SSSR count). The van der Waals surface area contributed by atoms with Crippen molar-refractivity contribution in [3.63, 3.8) is 0 Å². The molecule has 172 valence electrons. The van der Waals surface area contributed by atoms with Crippen LogP contribution in [0.4, 0.5) is 30.6 Å². The molecule has 2 heterocycles. The quantitative estimate of drug-likeness (QED) is 0.392. The summed E-state index contributed by atoms with van der Waals surface area (Å²) in [6, 6.07) is 12.4. The van der Waals surface area contributed by atoms with Crippen molar-refractivity contribution in [1.82, 2.24) is 14.5 Å². The summed E-state index contributed by atoms with van der Waals surface area (Å²) in [4.78, 5) is 8.86. The van der Waals surface area contributed by atoms with Gasteiger partial charge in [-0.05, 0) is 35.9 Å². The minimum atomic E-state index is -4.42. The third-order valence-electron chi connectivity index (χ3n) is 5.11. The van der Waals surface area contributed by atoms with Crippen LogP contribution in [-0.2, 0) is 12.7 Å². The summed E-state index contributed by atoms with van der Waals surface area (Å²) in [5, 5.41) is 6.02. The molecule has 0 aliphatic rings. The zero-order valence-corrected chi connectivity index (χ0v) is 18.2. The summed E-state index contributed by atoms with van der Waals surface area (Å²) in [5.41, 5.74) is 1.92. The summed E-state index contributed by atoms with van der Waals surface area (Å²) >= 11 is 0. The van der Waals surface area contributed by atoms with E-state index in [1.54, 1.807) is 39.6 Å². The van der Waals surface area contributed by atoms with E-state index in [0.717, 1.165) is 23.2 Å². The van der Waals surface area contributed by atoms with Crippen LogP contribution in [0.2, 0.25) is 0 Å². The summed E-state index contributed by atoms with van der Waals surface area (Å²) in [6.45, 7) is 0.472. The fourth-order valence-electron chi connectivity index (χ4n) is 3.53. The SMILES string of the molecule is CNc1nc2cnc(Nc3cccc(C(F)(F)F)c3)cc2n1Cc1ccc(OC)c(OC)c1. The number of methoxy groups -OCH3 is 2. The summed E-state index contributed by atoms with van der Waals surface area (Å²) in [5.74, 6) is 2.26. The average Bonchev–Trinajstić information content (AvgIpc) is 3.15. The van der Waals surface area contributed by atoms with Gasteiger partial charge in [-0.3, -0.25) is 0 Å². The van der Waals surface area contributed by atoms with Crippen molar-refractivity contribution in [2.45, 2.75) is 12.7 Å².